The maximum absolute atomic E-state index is 12.9. The lowest BCUT2D eigenvalue weighted by molar-refractivity contribution is 0.0960. The van der Waals surface area contributed by atoms with E-state index in [4.69, 9.17) is 13.9 Å². The van der Waals surface area contributed by atoms with E-state index in [0.717, 1.165) is 0 Å². The van der Waals surface area contributed by atoms with Crippen molar-refractivity contribution in [2.75, 3.05) is 6.79 Å². The second-order valence-electron chi connectivity index (χ2n) is 5.60. The molecule has 0 unspecified atom stereocenters. The van der Waals surface area contributed by atoms with Gasteiger partial charge in [-0.25, -0.2) is 0 Å². The van der Waals surface area contributed by atoms with Crippen molar-refractivity contribution >= 4 is 11.6 Å². The van der Waals surface area contributed by atoms with Gasteiger partial charge < -0.3 is 13.9 Å². The predicted octanol–water partition coefficient (Wildman–Crippen LogP) is 3.45. The van der Waals surface area contributed by atoms with Crippen LogP contribution in [0.3, 0.4) is 0 Å². The smallest absolute Gasteiger partial charge is 0.231 e. The minimum absolute atomic E-state index is 0.0743. The van der Waals surface area contributed by atoms with Gasteiger partial charge in [-0.1, -0.05) is 36.4 Å². The van der Waals surface area contributed by atoms with Gasteiger partial charge in [0, 0.05) is 22.3 Å². The highest BCUT2D eigenvalue weighted by Gasteiger charge is 2.36. The summed E-state index contributed by atoms with van der Waals surface area (Å²) in [5, 5.41) is 0. The maximum Gasteiger partial charge on any atom is 0.231 e. The number of hydrogen-bond donors (Lipinski definition) is 0. The fourth-order valence-electron chi connectivity index (χ4n) is 3.23. The van der Waals surface area contributed by atoms with Crippen molar-refractivity contribution in [3.8, 4) is 22.6 Å². The highest BCUT2D eigenvalue weighted by Crippen LogP contribution is 2.44. The average Bonchev–Trinajstić information content (AvgIpc) is 3.26. The number of furan rings is 1. The minimum Gasteiger partial charge on any atom is -0.459 e. The number of rotatable bonds is 1. The van der Waals surface area contributed by atoms with Gasteiger partial charge in [0.1, 0.15) is 6.26 Å². The highest BCUT2D eigenvalue weighted by molar-refractivity contribution is 6.29. The molecule has 1 aromatic heterocycles. The van der Waals surface area contributed by atoms with Gasteiger partial charge in [-0.3, -0.25) is 9.59 Å². The molecule has 24 heavy (non-hydrogen) atoms. The summed E-state index contributed by atoms with van der Waals surface area (Å²) in [7, 11) is 0. The molecule has 0 saturated heterocycles. The van der Waals surface area contributed by atoms with Crippen molar-refractivity contribution in [1.29, 1.82) is 0 Å². The molecule has 5 rings (SSSR count). The molecule has 2 aromatic carbocycles. The van der Waals surface area contributed by atoms with Crippen LogP contribution < -0.4 is 9.47 Å². The lowest BCUT2D eigenvalue weighted by Gasteiger charge is -2.14. The fourth-order valence-corrected chi connectivity index (χ4v) is 3.23. The van der Waals surface area contributed by atoms with Gasteiger partial charge in [0.05, 0.1) is 5.56 Å². The number of carbonyl (C=O) groups is 2. The Balaban J connectivity index is 1.76. The molecule has 0 N–H and O–H groups in total. The quantitative estimate of drug-likeness (QED) is 0.538. The Bertz CT molecular complexity index is 1030. The Morgan fingerprint density at radius 2 is 1.50 bits per heavy atom. The second-order valence-corrected chi connectivity index (χ2v) is 5.60. The zero-order valence-corrected chi connectivity index (χ0v) is 12.4. The average molecular weight is 318 g/mol. The van der Waals surface area contributed by atoms with Crippen molar-refractivity contribution in [2.24, 2.45) is 0 Å². The first-order valence-electron chi connectivity index (χ1n) is 7.44. The monoisotopic (exact) mass is 318 g/mol. The molecule has 0 saturated carbocycles. The van der Waals surface area contributed by atoms with Crippen LogP contribution in [-0.4, -0.2) is 18.4 Å². The van der Waals surface area contributed by atoms with Crippen LogP contribution in [0.2, 0.25) is 0 Å². The summed E-state index contributed by atoms with van der Waals surface area (Å²) in [6.45, 7) is 0.127. The van der Waals surface area contributed by atoms with Crippen LogP contribution in [0, 0.1) is 0 Å². The SMILES string of the molecule is O=C1c2ccccc2C(=O)c2c(-c3cccc4c3OCO4)coc21. The topological polar surface area (TPSA) is 65.7 Å². The minimum atomic E-state index is -0.281. The number of carbonyl (C=O) groups excluding carboxylic acids is 2. The first kappa shape index (κ1) is 13.1. The Morgan fingerprint density at radius 1 is 0.750 bits per heavy atom. The maximum atomic E-state index is 12.9. The van der Waals surface area contributed by atoms with Crippen molar-refractivity contribution in [3.63, 3.8) is 0 Å². The lowest BCUT2D eigenvalue weighted by atomic mass is 9.85. The predicted molar refractivity (Wildman–Crippen MR) is 83.6 cm³/mol. The zero-order chi connectivity index (χ0) is 16.3. The summed E-state index contributed by atoms with van der Waals surface area (Å²) >= 11 is 0. The van der Waals surface area contributed by atoms with Gasteiger partial charge in [-0.15, -0.1) is 0 Å². The highest BCUT2D eigenvalue weighted by atomic mass is 16.7. The van der Waals surface area contributed by atoms with Crippen molar-refractivity contribution in [1.82, 2.24) is 0 Å². The van der Waals surface area contributed by atoms with E-state index in [1.807, 2.05) is 12.1 Å². The van der Waals surface area contributed by atoms with Crippen LogP contribution in [0.25, 0.3) is 11.1 Å². The van der Waals surface area contributed by atoms with E-state index < -0.39 is 0 Å². The molecule has 0 spiro atoms. The van der Waals surface area contributed by atoms with Crippen LogP contribution in [-0.2, 0) is 0 Å². The summed E-state index contributed by atoms with van der Waals surface area (Å²) in [6.07, 6.45) is 1.43. The third-order valence-corrected chi connectivity index (χ3v) is 4.33. The zero-order valence-electron chi connectivity index (χ0n) is 12.4. The first-order chi connectivity index (χ1) is 11.8. The molecule has 1 aliphatic carbocycles. The molecule has 0 radical (unpaired) electrons. The molecule has 2 heterocycles. The van der Waals surface area contributed by atoms with Crippen LogP contribution in [0.5, 0.6) is 11.5 Å². The Kier molecular flexibility index (Phi) is 2.51. The van der Waals surface area contributed by atoms with E-state index in [1.54, 1.807) is 30.3 Å². The van der Waals surface area contributed by atoms with E-state index in [1.165, 1.54) is 6.26 Å². The molecule has 0 atom stereocenters. The Labute approximate surface area is 136 Å². The molecule has 2 aliphatic rings. The number of benzene rings is 2. The van der Waals surface area contributed by atoms with E-state index in [9.17, 15) is 9.59 Å². The Hall–Kier alpha value is -3.34. The molecule has 5 heteroatoms. The largest absolute Gasteiger partial charge is 0.459 e. The second kappa shape index (κ2) is 4.58. The van der Waals surface area contributed by atoms with E-state index in [2.05, 4.69) is 0 Å². The van der Waals surface area contributed by atoms with E-state index in [-0.39, 0.29) is 29.7 Å². The molecular formula is C19H10O5. The summed E-state index contributed by atoms with van der Waals surface area (Å²) in [6, 6.07) is 12.2. The fraction of sp³-hybridized carbons (Fsp3) is 0.0526. The normalized spacial score (nSPS) is 14.5. The van der Waals surface area contributed by atoms with E-state index in [0.29, 0.717) is 33.8 Å². The summed E-state index contributed by atoms with van der Waals surface area (Å²) < 4.78 is 16.4. The van der Waals surface area contributed by atoms with Gasteiger partial charge in [0.2, 0.25) is 12.6 Å². The van der Waals surface area contributed by atoms with Gasteiger partial charge in [-0.2, -0.15) is 0 Å². The number of ether oxygens (including phenoxy) is 2. The number of fused-ring (bicyclic) bond motifs is 3. The van der Waals surface area contributed by atoms with Crippen LogP contribution in [0.4, 0.5) is 0 Å². The summed E-state index contributed by atoms with van der Waals surface area (Å²) in [4.78, 5) is 25.6. The first-order valence-corrected chi connectivity index (χ1v) is 7.44. The van der Waals surface area contributed by atoms with Crippen molar-refractivity contribution in [3.05, 3.63) is 71.2 Å². The lowest BCUT2D eigenvalue weighted by Crippen LogP contribution is -2.19. The molecule has 116 valence electrons. The van der Waals surface area contributed by atoms with Crippen LogP contribution >= 0.6 is 0 Å². The Morgan fingerprint density at radius 3 is 2.33 bits per heavy atom. The number of hydrogen-bond acceptors (Lipinski definition) is 5. The molecule has 1 aliphatic heterocycles. The molecule has 5 nitrogen and oxygen atoms in total. The third kappa shape index (κ3) is 1.58. The molecule has 0 fully saturated rings. The number of para-hydroxylation sites is 1. The van der Waals surface area contributed by atoms with Crippen molar-refractivity contribution < 1.29 is 23.5 Å². The molecule has 3 aromatic rings. The third-order valence-electron chi connectivity index (χ3n) is 4.33. The van der Waals surface area contributed by atoms with Gasteiger partial charge >= 0.3 is 0 Å². The molecule has 0 bridgehead atoms. The van der Waals surface area contributed by atoms with Gasteiger partial charge in [0.25, 0.3) is 0 Å². The van der Waals surface area contributed by atoms with Crippen molar-refractivity contribution in [2.45, 2.75) is 0 Å². The van der Waals surface area contributed by atoms with Gasteiger partial charge in [-0.05, 0) is 6.07 Å². The molecule has 0 amide bonds. The van der Waals surface area contributed by atoms with Crippen LogP contribution in [0.15, 0.2) is 53.1 Å². The van der Waals surface area contributed by atoms with Gasteiger partial charge in [0.15, 0.2) is 23.0 Å². The van der Waals surface area contributed by atoms with Crippen LogP contribution in [0.1, 0.15) is 32.0 Å². The van der Waals surface area contributed by atoms with E-state index >= 15 is 0 Å². The summed E-state index contributed by atoms with van der Waals surface area (Å²) in [5.74, 6) is 0.736. The number of ketones is 2. The summed E-state index contributed by atoms with van der Waals surface area (Å²) in [5.41, 5.74) is 2.26. The molecular weight excluding hydrogens is 308 g/mol. The standard InChI is InChI=1S/C19H10O5/c20-16-10-4-1-2-5-11(10)17(21)19-15(16)13(8-22-19)12-6-3-7-14-18(12)24-9-23-14/h1-8H,9H2.